The van der Waals surface area contributed by atoms with E-state index in [4.69, 9.17) is 16.7 Å². The zero-order chi connectivity index (χ0) is 8.27. The molecule has 0 aliphatic heterocycles. The van der Waals surface area contributed by atoms with Crippen molar-refractivity contribution in [1.29, 1.82) is 0 Å². The van der Waals surface area contributed by atoms with Crippen molar-refractivity contribution < 1.29 is 14.3 Å². The van der Waals surface area contributed by atoms with Gasteiger partial charge in [0.15, 0.2) is 0 Å². The molecule has 0 amide bonds. The average Bonchev–Trinajstić information content (AvgIpc) is 2.31. The molecule has 0 bridgehead atoms. The summed E-state index contributed by atoms with van der Waals surface area (Å²) in [5.74, 6) is 3.04. The first-order valence-corrected chi connectivity index (χ1v) is 3.06. The molecule has 3 nitrogen and oxygen atoms in total. The molecule has 0 aromatic carbocycles. The van der Waals surface area contributed by atoms with E-state index in [0.29, 0.717) is 5.56 Å². The molecule has 0 unspecified atom stereocenters. The molecule has 1 rings (SSSR count). The van der Waals surface area contributed by atoms with E-state index in [1.807, 2.05) is 5.92 Å². The Morgan fingerprint density at radius 1 is 1.73 bits per heavy atom. The Bertz CT molecular complexity index is 329. The highest BCUT2D eigenvalue weighted by Gasteiger charge is 1.98. The van der Waals surface area contributed by atoms with Crippen molar-refractivity contribution in [3.63, 3.8) is 0 Å². The van der Waals surface area contributed by atoms with Crippen LogP contribution in [0.3, 0.4) is 0 Å². The summed E-state index contributed by atoms with van der Waals surface area (Å²) >= 11 is 5.46. The number of carboxylic acids is 1. The zero-order valence-corrected chi connectivity index (χ0v) is 6.05. The number of hydrogen-bond donors (Lipinski definition) is 1. The van der Waals surface area contributed by atoms with Crippen LogP contribution in [0.1, 0.15) is 5.56 Å². The minimum atomic E-state index is -1.19. The summed E-state index contributed by atoms with van der Waals surface area (Å²) < 4.78 is 4.67. The molecule has 0 aliphatic rings. The first kappa shape index (κ1) is 7.70. The fourth-order valence-corrected chi connectivity index (χ4v) is 0.664. The fourth-order valence-electron chi connectivity index (χ4n) is 0.502. The Morgan fingerprint density at radius 2 is 2.45 bits per heavy atom. The maximum Gasteiger partial charge on any atom is 0.382 e. The van der Waals surface area contributed by atoms with Crippen LogP contribution in [0.2, 0.25) is 5.22 Å². The smallest absolute Gasteiger partial charge is 0.382 e. The van der Waals surface area contributed by atoms with Gasteiger partial charge in [-0.3, -0.25) is 0 Å². The quantitative estimate of drug-likeness (QED) is 0.599. The van der Waals surface area contributed by atoms with Crippen LogP contribution in [0.15, 0.2) is 16.7 Å². The molecular weight excluding hydrogens is 168 g/mol. The van der Waals surface area contributed by atoms with E-state index in [2.05, 4.69) is 10.3 Å². The molecule has 0 radical (unpaired) electrons. The third kappa shape index (κ3) is 2.03. The lowest BCUT2D eigenvalue weighted by atomic mass is 10.3. The molecule has 0 saturated heterocycles. The Morgan fingerprint density at radius 3 is 2.91 bits per heavy atom. The lowest BCUT2D eigenvalue weighted by Gasteiger charge is -1.78. The number of halogens is 1. The Labute approximate surface area is 67.6 Å². The van der Waals surface area contributed by atoms with Crippen LogP contribution in [0.5, 0.6) is 0 Å². The minimum Gasteiger partial charge on any atom is -0.472 e. The molecule has 1 N–H and O–H groups in total. The van der Waals surface area contributed by atoms with Crippen LogP contribution in [0.4, 0.5) is 0 Å². The highest BCUT2D eigenvalue weighted by atomic mass is 35.5. The zero-order valence-electron chi connectivity index (χ0n) is 5.30. The van der Waals surface area contributed by atoms with E-state index < -0.39 is 5.97 Å². The van der Waals surface area contributed by atoms with Gasteiger partial charge < -0.3 is 9.52 Å². The lowest BCUT2D eigenvalue weighted by molar-refractivity contribution is -0.130. The topological polar surface area (TPSA) is 50.4 Å². The van der Waals surface area contributed by atoms with Crippen LogP contribution in [0.25, 0.3) is 0 Å². The first-order chi connectivity index (χ1) is 5.20. The third-order valence-corrected chi connectivity index (χ3v) is 1.21. The van der Waals surface area contributed by atoms with E-state index in [-0.39, 0.29) is 5.22 Å². The maximum absolute atomic E-state index is 9.96. The molecule has 1 heterocycles. The minimum absolute atomic E-state index is 0.110. The molecule has 0 aliphatic carbocycles. The number of hydrogen-bond acceptors (Lipinski definition) is 2. The van der Waals surface area contributed by atoms with Gasteiger partial charge in [0.05, 0.1) is 11.8 Å². The molecule has 0 saturated carbocycles. The summed E-state index contributed by atoms with van der Waals surface area (Å²) in [7, 11) is 0. The summed E-state index contributed by atoms with van der Waals surface area (Å²) in [4.78, 5) is 9.96. The van der Waals surface area contributed by atoms with Gasteiger partial charge in [-0.05, 0) is 23.6 Å². The monoisotopic (exact) mass is 170 g/mol. The van der Waals surface area contributed by atoms with Crippen molar-refractivity contribution in [3.05, 3.63) is 23.1 Å². The Hall–Kier alpha value is -1.40. The van der Waals surface area contributed by atoms with Gasteiger partial charge in [-0.1, -0.05) is 0 Å². The average molecular weight is 171 g/mol. The molecule has 0 spiro atoms. The molecule has 56 valence electrons. The highest BCUT2D eigenvalue weighted by molar-refractivity contribution is 6.30. The number of rotatable bonds is 0. The summed E-state index contributed by atoms with van der Waals surface area (Å²) in [6.45, 7) is 0. The summed E-state index contributed by atoms with van der Waals surface area (Å²) in [6.07, 6.45) is 1.34. The predicted octanol–water partition coefficient (Wildman–Crippen LogP) is 1.37. The maximum atomic E-state index is 9.96. The number of carbonyl (C=O) groups is 1. The van der Waals surface area contributed by atoms with Crippen molar-refractivity contribution in [3.8, 4) is 11.8 Å². The van der Waals surface area contributed by atoms with Gasteiger partial charge in [0.2, 0.25) is 5.22 Å². The Kier molecular flexibility index (Phi) is 2.19. The van der Waals surface area contributed by atoms with Crippen LogP contribution in [0, 0.1) is 11.8 Å². The summed E-state index contributed by atoms with van der Waals surface area (Å²) in [5.41, 5.74) is 0.383. The van der Waals surface area contributed by atoms with E-state index in [1.54, 1.807) is 0 Å². The fraction of sp³-hybridized carbons (Fsp3) is 0. The van der Waals surface area contributed by atoms with Crippen molar-refractivity contribution in [1.82, 2.24) is 0 Å². The van der Waals surface area contributed by atoms with Gasteiger partial charge in [-0.2, -0.15) is 0 Å². The van der Waals surface area contributed by atoms with Crippen LogP contribution in [-0.4, -0.2) is 11.1 Å². The SMILES string of the molecule is O=C(O)C#Cc1ccoc1Cl. The van der Waals surface area contributed by atoms with Crippen LogP contribution < -0.4 is 0 Å². The molecule has 0 atom stereocenters. The van der Waals surface area contributed by atoms with Crippen LogP contribution in [-0.2, 0) is 4.79 Å². The van der Waals surface area contributed by atoms with Gasteiger partial charge in [0.25, 0.3) is 0 Å². The number of carboxylic acid groups (broad SMARTS) is 1. The van der Waals surface area contributed by atoms with Crippen molar-refractivity contribution in [2.45, 2.75) is 0 Å². The molecule has 11 heavy (non-hydrogen) atoms. The van der Waals surface area contributed by atoms with Crippen molar-refractivity contribution in [2.24, 2.45) is 0 Å². The van der Waals surface area contributed by atoms with Gasteiger partial charge in [0, 0.05) is 5.92 Å². The van der Waals surface area contributed by atoms with E-state index >= 15 is 0 Å². The first-order valence-electron chi connectivity index (χ1n) is 2.68. The lowest BCUT2D eigenvalue weighted by Crippen LogP contribution is -1.86. The molecule has 1 aromatic heterocycles. The Balaban J connectivity index is 2.90. The van der Waals surface area contributed by atoms with Crippen molar-refractivity contribution in [2.75, 3.05) is 0 Å². The van der Waals surface area contributed by atoms with Gasteiger partial charge in [-0.15, -0.1) is 0 Å². The van der Waals surface area contributed by atoms with E-state index in [9.17, 15) is 4.79 Å². The highest BCUT2D eigenvalue weighted by Crippen LogP contribution is 2.14. The standard InChI is InChI=1S/C7H3ClO3/c8-7-5(3-4-11-7)1-2-6(9)10/h3-4H,(H,9,10). The second-order valence-corrected chi connectivity index (χ2v) is 2.01. The number of furan rings is 1. The summed E-state index contributed by atoms with van der Waals surface area (Å²) in [5, 5.41) is 8.27. The normalized spacial score (nSPS) is 8.45. The predicted molar refractivity (Wildman–Crippen MR) is 38.2 cm³/mol. The van der Waals surface area contributed by atoms with E-state index in [0.717, 1.165) is 0 Å². The largest absolute Gasteiger partial charge is 0.472 e. The second kappa shape index (κ2) is 3.13. The molecular formula is C7H3ClO3. The van der Waals surface area contributed by atoms with Gasteiger partial charge >= 0.3 is 5.97 Å². The second-order valence-electron chi connectivity index (χ2n) is 1.66. The van der Waals surface area contributed by atoms with Crippen LogP contribution >= 0.6 is 11.6 Å². The van der Waals surface area contributed by atoms with E-state index in [1.165, 1.54) is 12.3 Å². The third-order valence-electron chi connectivity index (χ3n) is 0.922. The summed E-state index contributed by atoms with van der Waals surface area (Å²) in [6, 6.07) is 1.50. The number of aliphatic carboxylic acids is 1. The molecule has 1 aromatic rings. The van der Waals surface area contributed by atoms with Crippen molar-refractivity contribution >= 4 is 17.6 Å². The van der Waals surface area contributed by atoms with Gasteiger partial charge in [-0.25, -0.2) is 4.79 Å². The molecule has 4 heteroatoms. The van der Waals surface area contributed by atoms with Gasteiger partial charge in [0.1, 0.15) is 0 Å². The molecule has 0 fully saturated rings.